The van der Waals surface area contributed by atoms with Gasteiger partial charge in [0.15, 0.2) is 12.2 Å². The summed E-state index contributed by atoms with van der Waals surface area (Å²) < 4.78 is 68.5. The highest BCUT2D eigenvalue weighted by molar-refractivity contribution is 7.47. The van der Waals surface area contributed by atoms with Crippen molar-refractivity contribution in [3.63, 3.8) is 0 Å². The average Bonchev–Trinajstić information content (AvgIpc) is 1.85. The predicted octanol–water partition coefficient (Wildman–Crippen LogP) is 22.1. The van der Waals surface area contributed by atoms with E-state index in [-0.39, 0.29) is 25.7 Å². The molecule has 0 bridgehead atoms. The molecule has 0 aliphatic carbocycles. The maximum absolute atomic E-state index is 13.1. The Hall–Kier alpha value is -1.94. The maximum atomic E-state index is 13.1. The van der Waals surface area contributed by atoms with Crippen molar-refractivity contribution >= 4 is 39.5 Å². The van der Waals surface area contributed by atoms with Crippen LogP contribution in [-0.4, -0.2) is 96.7 Å². The molecule has 94 heavy (non-hydrogen) atoms. The molecule has 0 fully saturated rings. The lowest BCUT2D eigenvalue weighted by Gasteiger charge is -2.21. The van der Waals surface area contributed by atoms with Gasteiger partial charge in [0.05, 0.1) is 26.4 Å². The Balaban J connectivity index is 5.25. The number of unbranched alkanes of at least 4 members (excludes halogenated alkanes) is 47. The van der Waals surface area contributed by atoms with Crippen molar-refractivity contribution in [1.82, 2.24) is 0 Å². The Morgan fingerprint density at radius 3 is 0.723 bits per heavy atom. The van der Waals surface area contributed by atoms with E-state index in [0.717, 1.165) is 96.3 Å². The minimum Gasteiger partial charge on any atom is -0.462 e. The first-order valence-corrected chi connectivity index (χ1v) is 42.1. The van der Waals surface area contributed by atoms with Crippen molar-refractivity contribution in [2.24, 2.45) is 5.92 Å². The van der Waals surface area contributed by atoms with Gasteiger partial charge in [0.2, 0.25) is 0 Å². The van der Waals surface area contributed by atoms with Gasteiger partial charge in [-0.3, -0.25) is 37.3 Å². The third-order valence-corrected chi connectivity index (χ3v) is 19.4. The summed E-state index contributed by atoms with van der Waals surface area (Å²) in [5.74, 6) is -1.41. The standard InChI is InChI=1S/C75H146O17P2/c1-6-9-12-15-18-21-24-27-29-31-34-37-40-45-51-56-61-75(80)91-70(64-85-72(77)58-53-48-43-38-35-33-30-28-25-22-19-16-13-10-7-2)66-89-93(81,82)87-62-69(76)63-88-94(83,84)90-67-71(65-86-73(78)59-54-49-46-41-42-47-52-57-68(4)5)92-74(79)60-55-50-44-39-36-32-26-23-20-17-14-11-8-3/h68-71,76H,6-67H2,1-5H3,(H,81,82)(H,83,84)/t69-,70-,71-/m1/s1. The summed E-state index contributed by atoms with van der Waals surface area (Å²) in [5.41, 5.74) is 0. The monoisotopic (exact) mass is 1380 g/mol. The zero-order chi connectivity index (χ0) is 69.1. The van der Waals surface area contributed by atoms with Gasteiger partial charge in [-0.05, 0) is 31.6 Å². The number of hydrogen-bond acceptors (Lipinski definition) is 15. The number of aliphatic hydroxyl groups excluding tert-OH is 1. The normalized spacial score (nSPS) is 14.0. The van der Waals surface area contributed by atoms with Crippen molar-refractivity contribution in [3.8, 4) is 0 Å². The van der Waals surface area contributed by atoms with Gasteiger partial charge in [-0.1, -0.05) is 343 Å². The summed E-state index contributed by atoms with van der Waals surface area (Å²) >= 11 is 0. The molecule has 0 aliphatic rings. The average molecular weight is 1380 g/mol. The van der Waals surface area contributed by atoms with Crippen LogP contribution in [0.2, 0.25) is 0 Å². The molecule has 558 valence electrons. The fourth-order valence-corrected chi connectivity index (χ4v) is 13.1. The SMILES string of the molecule is CCCCCCCCCCCCCCCCCCC(=O)O[C@H](COC(=O)CCCCCCCCCCCCCCCCC)COP(=O)(O)OC[C@@H](O)COP(=O)(O)OC[C@@H](COC(=O)CCCCCCCCCC(C)C)OC(=O)CCCCCCCCCCCCCCC. The highest BCUT2D eigenvalue weighted by Gasteiger charge is 2.30. The number of esters is 4. The molecule has 5 atom stereocenters. The molecule has 0 rings (SSSR count). The molecule has 0 saturated heterocycles. The van der Waals surface area contributed by atoms with Crippen LogP contribution in [0, 0.1) is 5.92 Å². The smallest absolute Gasteiger partial charge is 0.462 e. The molecule has 0 spiro atoms. The Morgan fingerprint density at radius 1 is 0.287 bits per heavy atom. The highest BCUT2D eigenvalue weighted by atomic mass is 31.2. The van der Waals surface area contributed by atoms with Gasteiger partial charge < -0.3 is 33.8 Å². The van der Waals surface area contributed by atoms with Gasteiger partial charge in [-0.2, -0.15) is 0 Å². The minimum atomic E-state index is -4.96. The summed E-state index contributed by atoms with van der Waals surface area (Å²) in [5, 5.41) is 10.6. The number of aliphatic hydroxyl groups is 1. The first-order valence-electron chi connectivity index (χ1n) is 39.1. The van der Waals surface area contributed by atoms with E-state index in [1.807, 2.05) is 0 Å². The molecule has 0 amide bonds. The Labute approximate surface area is 575 Å². The van der Waals surface area contributed by atoms with Gasteiger partial charge in [-0.25, -0.2) is 9.13 Å². The summed E-state index contributed by atoms with van der Waals surface area (Å²) in [7, 11) is -9.91. The molecule has 0 aromatic heterocycles. The van der Waals surface area contributed by atoms with Crippen LogP contribution < -0.4 is 0 Å². The van der Waals surface area contributed by atoms with Crippen molar-refractivity contribution in [2.45, 2.75) is 412 Å². The van der Waals surface area contributed by atoms with Crippen molar-refractivity contribution in [2.75, 3.05) is 39.6 Å². The fraction of sp³-hybridized carbons (Fsp3) is 0.947. The van der Waals surface area contributed by atoms with Crippen LogP contribution in [-0.2, 0) is 65.4 Å². The zero-order valence-electron chi connectivity index (χ0n) is 61.1. The molecule has 0 radical (unpaired) electrons. The van der Waals surface area contributed by atoms with Crippen LogP contribution in [0.4, 0.5) is 0 Å². The molecule has 0 aromatic carbocycles. The minimum absolute atomic E-state index is 0.107. The molecule has 0 heterocycles. The number of rotatable bonds is 75. The summed E-state index contributed by atoms with van der Waals surface area (Å²) in [6.07, 6.45) is 56.8. The van der Waals surface area contributed by atoms with Crippen LogP contribution >= 0.6 is 15.6 Å². The van der Waals surface area contributed by atoms with Gasteiger partial charge in [0, 0.05) is 25.7 Å². The first kappa shape index (κ1) is 92.1. The summed E-state index contributed by atoms with van der Waals surface area (Å²) in [6.45, 7) is 7.24. The van der Waals surface area contributed by atoms with Crippen molar-refractivity contribution < 1.29 is 80.2 Å². The lowest BCUT2D eigenvalue weighted by Crippen LogP contribution is -2.30. The van der Waals surface area contributed by atoms with E-state index in [9.17, 15) is 43.2 Å². The first-order chi connectivity index (χ1) is 45.5. The Kier molecular flexibility index (Phi) is 66.8. The second kappa shape index (κ2) is 68.2. The molecule has 0 aliphatic heterocycles. The summed E-state index contributed by atoms with van der Waals surface area (Å²) in [4.78, 5) is 72.8. The highest BCUT2D eigenvalue weighted by Crippen LogP contribution is 2.45. The van der Waals surface area contributed by atoms with Crippen LogP contribution in [0.3, 0.4) is 0 Å². The van der Waals surface area contributed by atoms with Crippen LogP contribution in [0.15, 0.2) is 0 Å². The number of carbonyl (C=O) groups excluding carboxylic acids is 4. The van der Waals surface area contributed by atoms with Crippen molar-refractivity contribution in [1.29, 1.82) is 0 Å². The van der Waals surface area contributed by atoms with Crippen LogP contribution in [0.5, 0.6) is 0 Å². The van der Waals surface area contributed by atoms with E-state index < -0.39 is 97.5 Å². The van der Waals surface area contributed by atoms with Crippen LogP contribution in [0.1, 0.15) is 394 Å². The Morgan fingerprint density at radius 2 is 0.489 bits per heavy atom. The second-order valence-corrected chi connectivity index (χ2v) is 30.4. The predicted molar refractivity (Wildman–Crippen MR) is 382 cm³/mol. The lowest BCUT2D eigenvalue weighted by molar-refractivity contribution is -0.161. The molecule has 0 aromatic rings. The van der Waals surface area contributed by atoms with Gasteiger partial charge in [-0.15, -0.1) is 0 Å². The van der Waals surface area contributed by atoms with Gasteiger partial charge in [0.25, 0.3) is 0 Å². The van der Waals surface area contributed by atoms with Gasteiger partial charge >= 0.3 is 39.5 Å². The number of phosphoric ester groups is 2. The fourth-order valence-electron chi connectivity index (χ4n) is 11.5. The quantitative estimate of drug-likeness (QED) is 0.0222. The third-order valence-electron chi connectivity index (χ3n) is 17.5. The number of ether oxygens (including phenoxy) is 4. The molecule has 19 heteroatoms. The van der Waals surface area contributed by atoms with Gasteiger partial charge in [0.1, 0.15) is 19.3 Å². The maximum Gasteiger partial charge on any atom is 0.472 e. The topological polar surface area (TPSA) is 237 Å². The van der Waals surface area contributed by atoms with E-state index >= 15 is 0 Å². The molecular weight excluding hydrogens is 1230 g/mol. The molecule has 0 saturated carbocycles. The van der Waals surface area contributed by atoms with E-state index in [2.05, 4.69) is 34.6 Å². The van der Waals surface area contributed by atoms with E-state index in [4.69, 9.17) is 37.0 Å². The van der Waals surface area contributed by atoms with Crippen molar-refractivity contribution in [3.05, 3.63) is 0 Å². The second-order valence-electron chi connectivity index (χ2n) is 27.5. The lowest BCUT2D eigenvalue weighted by atomic mass is 10.0. The summed E-state index contributed by atoms with van der Waals surface area (Å²) in [6, 6.07) is 0. The molecular formula is C75H146O17P2. The van der Waals surface area contributed by atoms with Crippen LogP contribution in [0.25, 0.3) is 0 Å². The largest absolute Gasteiger partial charge is 0.472 e. The molecule has 3 N–H and O–H groups in total. The Bertz CT molecular complexity index is 1810. The number of phosphoric acid groups is 2. The number of hydrogen-bond donors (Lipinski definition) is 3. The van der Waals surface area contributed by atoms with E-state index in [1.54, 1.807) is 0 Å². The zero-order valence-corrected chi connectivity index (χ0v) is 62.9. The number of carbonyl (C=O) groups is 4. The van der Waals surface area contributed by atoms with E-state index in [1.165, 1.54) is 212 Å². The van der Waals surface area contributed by atoms with E-state index in [0.29, 0.717) is 31.6 Å². The molecule has 2 unspecified atom stereocenters. The molecule has 17 nitrogen and oxygen atoms in total. The third kappa shape index (κ3) is 68.6.